The summed E-state index contributed by atoms with van der Waals surface area (Å²) in [5.41, 5.74) is 0. The van der Waals surface area contributed by atoms with Crippen LogP contribution in [0.2, 0.25) is 0 Å². The smallest absolute Gasteiger partial charge is 0.233 e. The number of rotatable bonds is 9. The van der Waals surface area contributed by atoms with Crippen LogP contribution in [0.4, 0.5) is 0 Å². The van der Waals surface area contributed by atoms with Gasteiger partial charge in [-0.15, -0.1) is 11.8 Å². The number of benzene rings is 1. The van der Waals surface area contributed by atoms with Crippen molar-refractivity contribution >= 4 is 27.7 Å². The number of thioether (sulfide) groups is 1. The molecule has 2 N–H and O–H groups in total. The Balaban J connectivity index is 2.35. The minimum Gasteiger partial charge on any atom is -0.497 e. The van der Waals surface area contributed by atoms with Gasteiger partial charge in [0.1, 0.15) is 5.75 Å². The molecule has 0 unspecified atom stereocenters. The van der Waals surface area contributed by atoms with Crippen LogP contribution in [0.25, 0.3) is 0 Å². The molecule has 22 heavy (non-hydrogen) atoms. The third-order valence-corrected chi connectivity index (χ3v) is 5.38. The largest absolute Gasteiger partial charge is 0.497 e. The molecule has 1 aromatic rings. The predicted molar refractivity (Wildman–Crippen MR) is 88.8 cm³/mol. The van der Waals surface area contributed by atoms with Crippen molar-refractivity contribution in [3.8, 4) is 5.75 Å². The molecular weight excluding hydrogens is 324 g/mol. The van der Waals surface area contributed by atoms with Gasteiger partial charge in [-0.25, -0.2) is 13.1 Å². The van der Waals surface area contributed by atoms with Crippen molar-refractivity contribution in [2.24, 2.45) is 0 Å². The van der Waals surface area contributed by atoms with Crippen molar-refractivity contribution in [3.05, 3.63) is 24.3 Å². The van der Waals surface area contributed by atoms with Crippen LogP contribution in [0.3, 0.4) is 0 Å². The maximum atomic E-state index is 11.9. The zero-order chi connectivity index (χ0) is 16.6. The molecule has 8 heteroatoms. The first-order valence-electron chi connectivity index (χ1n) is 6.93. The van der Waals surface area contributed by atoms with Crippen molar-refractivity contribution in [1.29, 1.82) is 0 Å². The van der Waals surface area contributed by atoms with Crippen LogP contribution in [0.15, 0.2) is 29.2 Å². The molecule has 0 aliphatic heterocycles. The van der Waals surface area contributed by atoms with Gasteiger partial charge in [0.15, 0.2) is 0 Å². The van der Waals surface area contributed by atoms with Crippen molar-refractivity contribution < 1.29 is 17.9 Å². The van der Waals surface area contributed by atoms with Gasteiger partial charge in [-0.05, 0) is 38.1 Å². The standard InChI is InChI=1S/C14H22N2O4S2/c1-4-22(18,19)16-10-9-15-14(17)11(2)21-13-7-5-12(20-3)6-8-13/h5-8,11,16H,4,9-10H2,1-3H3,(H,15,17)/t11-/m1/s1. The Morgan fingerprint density at radius 3 is 2.45 bits per heavy atom. The molecule has 1 amide bonds. The molecule has 0 aliphatic rings. The zero-order valence-corrected chi connectivity index (χ0v) is 14.6. The third kappa shape index (κ3) is 6.67. The number of methoxy groups -OCH3 is 1. The van der Waals surface area contributed by atoms with E-state index in [2.05, 4.69) is 10.0 Å². The highest BCUT2D eigenvalue weighted by Gasteiger charge is 2.14. The molecule has 6 nitrogen and oxygen atoms in total. The van der Waals surface area contributed by atoms with Gasteiger partial charge in [0.05, 0.1) is 18.1 Å². The quantitative estimate of drug-likeness (QED) is 0.519. The van der Waals surface area contributed by atoms with E-state index in [1.807, 2.05) is 24.3 Å². The van der Waals surface area contributed by atoms with Gasteiger partial charge in [0, 0.05) is 18.0 Å². The summed E-state index contributed by atoms with van der Waals surface area (Å²) < 4.78 is 29.9. The number of hydrogen-bond acceptors (Lipinski definition) is 5. The van der Waals surface area contributed by atoms with E-state index >= 15 is 0 Å². The average molecular weight is 346 g/mol. The fourth-order valence-electron chi connectivity index (χ4n) is 1.55. The number of carbonyl (C=O) groups excluding carboxylic acids is 1. The van der Waals surface area contributed by atoms with E-state index < -0.39 is 10.0 Å². The number of carbonyl (C=O) groups is 1. The lowest BCUT2D eigenvalue weighted by molar-refractivity contribution is -0.120. The van der Waals surface area contributed by atoms with Crippen molar-refractivity contribution in [1.82, 2.24) is 10.0 Å². The lowest BCUT2D eigenvalue weighted by Crippen LogP contribution is -2.38. The van der Waals surface area contributed by atoms with E-state index in [1.54, 1.807) is 21.0 Å². The van der Waals surface area contributed by atoms with E-state index in [1.165, 1.54) is 11.8 Å². The first-order valence-corrected chi connectivity index (χ1v) is 9.47. The molecular formula is C14H22N2O4S2. The molecule has 0 saturated heterocycles. The molecule has 1 aromatic carbocycles. The van der Waals surface area contributed by atoms with Gasteiger partial charge in [-0.3, -0.25) is 4.79 Å². The summed E-state index contributed by atoms with van der Waals surface area (Å²) in [6.07, 6.45) is 0. The van der Waals surface area contributed by atoms with Gasteiger partial charge in [0.25, 0.3) is 0 Å². The fraction of sp³-hybridized carbons (Fsp3) is 0.500. The maximum Gasteiger partial charge on any atom is 0.233 e. The van der Waals surface area contributed by atoms with Crippen LogP contribution in [0, 0.1) is 0 Å². The predicted octanol–water partition coefficient (Wildman–Crippen LogP) is 1.23. The first kappa shape index (κ1) is 18.8. The van der Waals surface area contributed by atoms with E-state index in [4.69, 9.17) is 4.74 Å². The van der Waals surface area contributed by atoms with E-state index in [0.717, 1.165) is 10.6 Å². The van der Waals surface area contributed by atoms with Crippen LogP contribution in [0.1, 0.15) is 13.8 Å². The SMILES string of the molecule is CCS(=O)(=O)NCCNC(=O)[C@@H](C)Sc1ccc(OC)cc1. The topological polar surface area (TPSA) is 84.5 Å². The summed E-state index contributed by atoms with van der Waals surface area (Å²) in [6, 6.07) is 7.46. The number of sulfonamides is 1. The molecule has 0 bridgehead atoms. The third-order valence-electron chi connectivity index (χ3n) is 2.87. The number of ether oxygens (including phenoxy) is 1. The van der Waals surface area contributed by atoms with Crippen molar-refractivity contribution in [2.75, 3.05) is 26.0 Å². The van der Waals surface area contributed by atoms with Gasteiger partial charge in [-0.2, -0.15) is 0 Å². The Morgan fingerprint density at radius 1 is 1.27 bits per heavy atom. The summed E-state index contributed by atoms with van der Waals surface area (Å²) >= 11 is 1.43. The molecule has 0 spiro atoms. The monoisotopic (exact) mass is 346 g/mol. The molecule has 0 heterocycles. The van der Waals surface area contributed by atoms with Crippen molar-refractivity contribution in [3.63, 3.8) is 0 Å². The summed E-state index contributed by atoms with van der Waals surface area (Å²) in [5, 5.41) is 2.44. The Morgan fingerprint density at radius 2 is 1.91 bits per heavy atom. The lowest BCUT2D eigenvalue weighted by Gasteiger charge is -2.12. The zero-order valence-electron chi connectivity index (χ0n) is 13.0. The van der Waals surface area contributed by atoms with Crippen molar-refractivity contribution in [2.45, 2.75) is 24.0 Å². The minimum absolute atomic E-state index is 0.0324. The van der Waals surface area contributed by atoms with E-state index in [0.29, 0.717) is 0 Å². The number of amides is 1. The van der Waals surface area contributed by atoms with Crippen LogP contribution in [0.5, 0.6) is 5.75 Å². The highest BCUT2D eigenvalue weighted by Crippen LogP contribution is 2.25. The summed E-state index contributed by atoms with van der Waals surface area (Å²) in [4.78, 5) is 12.9. The van der Waals surface area contributed by atoms with E-state index in [-0.39, 0.29) is 30.0 Å². The molecule has 0 aromatic heterocycles. The van der Waals surface area contributed by atoms with Crippen LogP contribution in [-0.4, -0.2) is 45.5 Å². The van der Waals surface area contributed by atoms with Gasteiger partial charge in [-0.1, -0.05) is 0 Å². The summed E-state index contributed by atoms with van der Waals surface area (Å²) in [7, 11) is -1.61. The molecule has 1 atom stereocenters. The van der Waals surface area contributed by atoms with Crippen LogP contribution in [-0.2, 0) is 14.8 Å². The van der Waals surface area contributed by atoms with Gasteiger partial charge >= 0.3 is 0 Å². The molecule has 124 valence electrons. The second kappa shape index (κ2) is 9.02. The summed E-state index contributed by atoms with van der Waals surface area (Å²) in [6.45, 7) is 3.84. The Labute approximate surface area is 136 Å². The molecule has 0 radical (unpaired) electrons. The second-order valence-corrected chi connectivity index (χ2v) is 8.03. The highest BCUT2D eigenvalue weighted by atomic mass is 32.2. The van der Waals surface area contributed by atoms with Gasteiger partial charge in [0.2, 0.25) is 15.9 Å². The normalized spacial score (nSPS) is 12.7. The Kier molecular flexibility index (Phi) is 7.70. The molecule has 0 aliphatic carbocycles. The second-order valence-electron chi connectivity index (χ2n) is 4.52. The van der Waals surface area contributed by atoms with Crippen LogP contribution >= 0.6 is 11.8 Å². The summed E-state index contributed by atoms with van der Waals surface area (Å²) in [5.74, 6) is 0.672. The van der Waals surface area contributed by atoms with E-state index in [9.17, 15) is 13.2 Å². The fourth-order valence-corrected chi connectivity index (χ4v) is 3.06. The average Bonchev–Trinajstić information content (AvgIpc) is 2.52. The molecule has 0 saturated carbocycles. The lowest BCUT2D eigenvalue weighted by atomic mass is 10.3. The highest BCUT2D eigenvalue weighted by molar-refractivity contribution is 8.00. The molecule has 0 fully saturated rings. The van der Waals surface area contributed by atoms with Crippen LogP contribution < -0.4 is 14.8 Å². The number of nitrogens with one attached hydrogen (secondary N) is 2. The maximum absolute atomic E-state index is 11.9. The number of hydrogen-bond donors (Lipinski definition) is 2. The van der Waals surface area contributed by atoms with Gasteiger partial charge < -0.3 is 10.1 Å². The Hall–Kier alpha value is -1.25. The molecule has 1 rings (SSSR count). The first-order chi connectivity index (χ1) is 10.4. The Bertz CT molecular complexity index is 573. The minimum atomic E-state index is -3.21.